The first-order valence-electron chi connectivity index (χ1n) is 8.22. The molecule has 2 atom stereocenters. The summed E-state index contributed by atoms with van der Waals surface area (Å²) in [4.78, 5) is 2.52. The minimum atomic E-state index is 0.630. The highest BCUT2D eigenvalue weighted by Gasteiger charge is 2.32. The monoisotopic (exact) mass is 301 g/mol. The third-order valence-electron chi connectivity index (χ3n) is 5.21. The van der Waals surface area contributed by atoms with E-state index in [1.807, 2.05) is 12.1 Å². The zero-order valence-electron chi connectivity index (χ0n) is 13.0. The van der Waals surface area contributed by atoms with Gasteiger partial charge in [-0.05, 0) is 59.7 Å². The molecule has 2 N–H and O–H groups in total. The summed E-state index contributed by atoms with van der Waals surface area (Å²) in [5.74, 6) is 1.51. The Morgan fingerprint density at radius 1 is 1.27 bits per heavy atom. The molecule has 1 aromatic carbocycles. The summed E-state index contributed by atoms with van der Waals surface area (Å²) in [5, 5.41) is 7.97. The van der Waals surface area contributed by atoms with Gasteiger partial charge in [-0.15, -0.1) is 0 Å². The molecule has 6 heteroatoms. The van der Waals surface area contributed by atoms with Crippen LogP contribution in [-0.2, 0) is 6.54 Å². The lowest BCUT2D eigenvalue weighted by molar-refractivity contribution is 0.147. The molecule has 0 aliphatic carbocycles. The van der Waals surface area contributed by atoms with Crippen LogP contribution in [0.3, 0.4) is 0 Å². The van der Waals surface area contributed by atoms with Crippen molar-refractivity contribution in [2.24, 2.45) is 11.8 Å². The van der Waals surface area contributed by atoms with Crippen molar-refractivity contribution >= 4 is 11.0 Å². The van der Waals surface area contributed by atoms with Crippen LogP contribution in [0.4, 0.5) is 0 Å². The first-order chi connectivity index (χ1) is 10.8. The maximum Gasteiger partial charge on any atom is 0.139 e. The van der Waals surface area contributed by atoms with E-state index in [1.165, 1.54) is 18.4 Å². The summed E-state index contributed by atoms with van der Waals surface area (Å²) in [5.41, 5.74) is 9.73. The molecule has 3 heterocycles. The molecule has 0 spiro atoms. The summed E-state index contributed by atoms with van der Waals surface area (Å²) in [6.45, 7) is 6.66. The maximum atomic E-state index is 4.86. The Morgan fingerprint density at radius 2 is 2.14 bits per heavy atom. The van der Waals surface area contributed by atoms with E-state index in [0.29, 0.717) is 6.04 Å². The summed E-state index contributed by atoms with van der Waals surface area (Å²) < 4.78 is 4.86. The van der Waals surface area contributed by atoms with Crippen molar-refractivity contribution in [2.45, 2.75) is 32.4 Å². The number of fused-ring (bicyclic) bond motifs is 1. The van der Waals surface area contributed by atoms with Gasteiger partial charge < -0.3 is 0 Å². The molecule has 2 aromatic rings. The molecule has 2 fully saturated rings. The fourth-order valence-electron chi connectivity index (χ4n) is 3.89. The van der Waals surface area contributed by atoms with E-state index < -0.39 is 0 Å². The highest BCUT2D eigenvalue weighted by atomic mass is 16.6. The SMILES string of the molecule is CC1CNNC1C1CCN(Cc2cccc3nonc23)CC1. The molecular formula is C16H23N5O. The van der Waals surface area contributed by atoms with Gasteiger partial charge in [-0.1, -0.05) is 19.1 Å². The zero-order chi connectivity index (χ0) is 14.9. The van der Waals surface area contributed by atoms with Gasteiger partial charge in [0.25, 0.3) is 0 Å². The number of nitrogens with one attached hydrogen (secondary N) is 2. The summed E-state index contributed by atoms with van der Waals surface area (Å²) in [6, 6.07) is 6.74. The Hall–Kier alpha value is -1.50. The first-order valence-corrected chi connectivity index (χ1v) is 8.22. The van der Waals surface area contributed by atoms with Crippen molar-refractivity contribution in [3.63, 3.8) is 0 Å². The third kappa shape index (κ3) is 2.62. The van der Waals surface area contributed by atoms with Gasteiger partial charge in [-0.2, -0.15) is 0 Å². The van der Waals surface area contributed by atoms with Crippen molar-refractivity contribution in [3.05, 3.63) is 23.8 Å². The van der Waals surface area contributed by atoms with E-state index in [0.717, 1.165) is 49.0 Å². The Kier molecular flexibility index (Phi) is 3.82. The highest BCUT2D eigenvalue weighted by molar-refractivity contribution is 5.76. The molecule has 22 heavy (non-hydrogen) atoms. The second-order valence-corrected chi connectivity index (χ2v) is 6.69. The maximum absolute atomic E-state index is 4.86. The number of hydrogen-bond donors (Lipinski definition) is 2. The van der Waals surface area contributed by atoms with Gasteiger partial charge in [-0.25, -0.2) is 4.63 Å². The molecule has 0 bridgehead atoms. The lowest BCUT2D eigenvalue weighted by Crippen LogP contribution is -2.44. The average molecular weight is 301 g/mol. The summed E-state index contributed by atoms with van der Waals surface area (Å²) >= 11 is 0. The predicted molar refractivity (Wildman–Crippen MR) is 83.9 cm³/mol. The van der Waals surface area contributed by atoms with E-state index in [2.05, 4.69) is 39.1 Å². The highest BCUT2D eigenvalue weighted by Crippen LogP contribution is 2.27. The van der Waals surface area contributed by atoms with Gasteiger partial charge in [0.15, 0.2) is 0 Å². The molecule has 2 aliphatic rings. The number of benzene rings is 1. The molecule has 6 nitrogen and oxygen atoms in total. The van der Waals surface area contributed by atoms with Gasteiger partial charge >= 0.3 is 0 Å². The molecule has 2 aliphatic heterocycles. The standard InChI is InChI=1S/C16H23N5O/c1-11-9-17-18-15(11)12-5-7-21(8-6-12)10-13-3-2-4-14-16(13)20-22-19-14/h2-4,11-12,15,17-18H,5-10H2,1H3. The molecule has 4 rings (SSSR count). The largest absolute Gasteiger partial charge is 0.299 e. The molecule has 118 valence electrons. The smallest absolute Gasteiger partial charge is 0.139 e. The number of rotatable bonds is 3. The summed E-state index contributed by atoms with van der Waals surface area (Å²) in [7, 11) is 0. The molecular weight excluding hydrogens is 278 g/mol. The van der Waals surface area contributed by atoms with Crippen molar-refractivity contribution < 1.29 is 4.63 Å². The van der Waals surface area contributed by atoms with E-state index in [9.17, 15) is 0 Å². The zero-order valence-corrected chi connectivity index (χ0v) is 13.0. The Labute approximate surface area is 130 Å². The molecule has 0 amide bonds. The topological polar surface area (TPSA) is 66.2 Å². The molecule has 2 saturated heterocycles. The normalized spacial score (nSPS) is 27.7. The Bertz CT molecular complexity index is 634. The molecule has 0 saturated carbocycles. The van der Waals surface area contributed by atoms with Gasteiger partial charge in [0.1, 0.15) is 11.0 Å². The van der Waals surface area contributed by atoms with Crippen LogP contribution in [0, 0.1) is 11.8 Å². The van der Waals surface area contributed by atoms with E-state index >= 15 is 0 Å². The lowest BCUT2D eigenvalue weighted by atomic mass is 9.84. The predicted octanol–water partition coefficient (Wildman–Crippen LogP) is 1.55. The van der Waals surface area contributed by atoms with Crippen molar-refractivity contribution in [1.29, 1.82) is 0 Å². The Morgan fingerprint density at radius 3 is 2.91 bits per heavy atom. The van der Waals surface area contributed by atoms with Gasteiger partial charge in [0, 0.05) is 19.1 Å². The minimum Gasteiger partial charge on any atom is -0.299 e. The van der Waals surface area contributed by atoms with Crippen LogP contribution < -0.4 is 10.9 Å². The van der Waals surface area contributed by atoms with Crippen molar-refractivity contribution in [1.82, 2.24) is 26.1 Å². The van der Waals surface area contributed by atoms with E-state index in [4.69, 9.17) is 4.63 Å². The lowest BCUT2D eigenvalue weighted by Gasteiger charge is -2.35. The van der Waals surface area contributed by atoms with E-state index in [-0.39, 0.29) is 0 Å². The fraction of sp³-hybridized carbons (Fsp3) is 0.625. The number of aromatic nitrogens is 2. The molecule has 1 aromatic heterocycles. The quantitative estimate of drug-likeness (QED) is 0.896. The van der Waals surface area contributed by atoms with Crippen LogP contribution in [0.2, 0.25) is 0 Å². The average Bonchev–Trinajstić information content (AvgIpc) is 3.17. The second kappa shape index (κ2) is 5.95. The molecule has 2 unspecified atom stereocenters. The van der Waals surface area contributed by atoms with Gasteiger partial charge in [-0.3, -0.25) is 15.8 Å². The van der Waals surface area contributed by atoms with Crippen LogP contribution in [0.25, 0.3) is 11.0 Å². The first kappa shape index (κ1) is 14.1. The summed E-state index contributed by atoms with van der Waals surface area (Å²) in [6.07, 6.45) is 2.52. The van der Waals surface area contributed by atoms with Crippen molar-refractivity contribution in [2.75, 3.05) is 19.6 Å². The second-order valence-electron chi connectivity index (χ2n) is 6.69. The van der Waals surface area contributed by atoms with Crippen LogP contribution in [0.5, 0.6) is 0 Å². The Balaban J connectivity index is 1.39. The van der Waals surface area contributed by atoms with Gasteiger partial charge in [0.05, 0.1) is 0 Å². The van der Waals surface area contributed by atoms with Crippen molar-refractivity contribution in [3.8, 4) is 0 Å². The number of likely N-dealkylation sites (tertiary alicyclic amines) is 1. The number of piperidine rings is 1. The third-order valence-corrected chi connectivity index (χ3v) is 5.21. The van der Waals surface area contributed by atoms with Crippen LogP contribution in [-0.4, -0.2) is 40.9 Å². The molecule has 0 radical (unpaired) electrons. The van der Waals surface area contributed by atoms with Crippen LogP contribution in [0.1, 0.15) is 25.3 Å². The van der Waals surface area contributed by atoms with Gasteiger partial charge in [0.2, 0.25) is 0 Å². The number of hydrogen-bond acceptors (Lipinski definition) is 6. The number of nitrogens with zero attached hydrogens (tertiary/aromatic N) is 3. The van der Waals surface area contributed by atoms with Crippen LogP contribution in [0.15, 0.2) is 22.8 Å². The minimum absolute atomic E-state index is 0.630. The number of hydrazine groups is 1. The van der Waals surface area contributed by atoms with E-state index in [1.54, 1.807) is 0 Å². The van der Waals surface area contributed by atoms with Crippen LogP contribution >= 0.6 is 0 Å². The fourth-order valence-corrected chi connectivity index (χ4v) is 3.89.